The lowest BCUT2D eigenvalue weighted by Gasteiger charge is -2.08. The van der Waals surface area contributed by atoms with E-state index in [2.05, 4.69) is 32.8 Å². The highest BCUT2D eigenvalue weighted by Crippen LogP contribution is 2.15. The molecular weight excluding hydrogens is 350 g/mol. The summed E-state index contributed by atoms with van der Waals surface area (Å²) in [7, 11) is -2.14. The number of carbonyl (C=O) groups excluding carboxylic acids is 1. The van der Waals surface area contributed by atoms with E-state index in [1.807, 2.05) is 18.3 Å². The highest BCUT2D eigenvalue weighted by Gasteiger charge is 2.12. The summed E-state index contributed by atoms with van der Waals surface area (Å²) in [5.41, 5.74) is 1.62. The Labute approximate surface area is 152 Å². The Balaban J connectivity index is 1.53. The average molecular weight is 371 g/mol. The van der Waals surface area contributed by atoms with Gasteiger partial charge in [0.25, 0.3) is 5.91 Å². The summed E-state index contributed by atoms with van der Waals surface area (Å²) >= 11 is 0. The van der Waals surface area contributed by atoms with Crippen molar-refractivity contribution in [2.45, 2.75) is 17.9 Å². The van der Waals surface area contributed by atoms with Gasteiger partial charge in [0.1, 0.15) is 0 Å². The maximum absolute atomic E-state index is 12.2. The van der Waals surface area contributed by atoms with E-state index in [0.29, 0.717) is 12.1 Å². The van der Waals surface area contributed by atoms with Crippen molar-refractivity contribution in [2.75, 3.05) is 13.6 Å². The number of aryl methyl sites for hydroxylation is 1. The number of hydrogen-bond donors (Lipinski definition) is 2. The molecule has 6 nitrogen and oxygen atoms in total. The first-order valence-electron chi connectivity index (χ1n) is 8.37. The molecule has 0 radical (unpaired) electrons. The standard InChI is InChI=1S/C19H21N3O3S/c1-20-26(24,25)17-9-7-16(8-10-17)19(23)21-12-4-13-22-14-11-15-5-2-3-6-18(15)22/h2-3,5-11,14,20H,4,12-13H2,1H3,(H,21,23). The number of amides is 1. The molecule has 0 aliphatic heterocycles. The first kappa shape index (κ1) is 18.2. The molecule has 26 heavy (non-hydrogen) atoms. The molecule has 1 heterocycles. The quantitative estimate of drug-likeness (QED) is 0.626. The van der Waals surface area contributed by atoms with Gasteiger partial charge >= 0.3 is 0 Å². The van der Waals surface area contributed by atoms with Crippen LogP contribution in [0.25, 0.3) is 10.9 Å². The molecule has 0 saturated heterocycles. The van der Waals surface area contributed by atoms with Crippen LogP contribution in [-0.2, 0) is 16.6 Å². The molecule has 2 aromatic carbocycles. The zero-order valence-electron chi connectivity index (χ0n) is 14.5. The van der Waals surface area contributed by atoms with Crippen molar-refractivity contribution >= 4 is 26.8 Å². The molecule has 0 aliphatic carbocycles. The number of sulfonamides is 1. The first-order chi connectivity index (χ1) is 12.5. The number of nitrogens with one attached hydrogen (secondary N) is 2. The SMILES string of the molecule is CNS(=O)(=O)c1ccc(C(=O)NCCCn2ccc3ccccc32)cc1. The van der Waals surface area contributed by atoms with Crippen molar-refractivity contribution in [2.24, 2.45) is 0 Å². The minimum absolute atomic E-state index is 0.135. The average Bonchev–Trinajstić information content (AvgIpc) is 3.08. The van der Waals surface area contributed by atoms with Crippen molar-refractivity contribution in [1.82, 2.24) is 14.6 Å². The van der Waals surface area contributed by atoms with Crippen LogP contribution in [0.5, 0.6) is 0 Å². The fourth-order valence-electron chi connectivity index (χ4n) is 2.79. The smallest absolute Gasteiger partial charge is 0.251 e. The van der Waals surface area contributed by atoms with E-state index < -0.39 is 10.0 Å². The zero-order chi connectivity index (χ0) is 18.6. The fourth-order valence-corrected chi connectivity index (χ4v) is 3.52. The Morgan fingerprint density at radius 2 is 1.77 bits per heavy atom. The zero-order valence-corrected chi connectivity index (χ0v) is 15.3. The molecule has 136 valence electrons. The van der Waals surface area contributed by atoms with E-state index in [0.717, 1.165) is 13.0 Å². The van der Waals surface area contributed by atoms with Crippen molar-refractivity contribution in [3.63, 3.8) is 0 Å². The molecule has 3 aromatic rings. The summed E-state index contributed by atoms with van der Waals surface area (Å²) in [5.74, 6) is -0.212. The van der Waals surface area contributed by atoms with Gasteiger partial charge in [-0.3, -0.25) is 4.79 Å². The van der Waals surface area contributed by atoms with Gasteiger partial charge in [-0.15, -0.1) is 0 Å². The summed E-state index contributed by atoms with van der Waals surface area (Å²) in [6.07, 6.45) is 2.85. The summed E-state index contributed by atoms with van der Waals surface area (Å²) in [5, 5.41) is 4.07. The molecule has 0 saturated carbocycles. The van der Waals surface area contributed by atoms with Crippen molar-refractivity contribution in [1.29, 1.82) is 0 Å². The van der Waals surface area contributed by atoms with Gasteiger partial charge in [-0.25, -0.2) is 13.1 Å². The van der Waals surface area contributed by atoms with Gasteiger partial charge in [-0.1, -0.05) is 18.2 Å². The molecule has 3 rings (SSSR count). The molecule has 0 aliphatic rings. The van der Waals surface area contributed by atoms with E-state index in [1.54, 1.807) is 0 Å². The normalized spacial score (nSPS) is 11.6. The van der Waals surface area contributed by atoms with E-state index >= 15 is 0 Å². The highest BCUT2D eigenvalue weighted by atomic mass is 32.2. The summed E-state index contributed by atoms with van der Waals surface area (Å²) in [4.78, 5) is 12.3. The van der Waals surface area contributed by atoms with Crippen LogP contribution >= 0.6 is 0 Å². The molecule has 0 unspecified atom stereocenters. The minimum Gasteiger partial charge on any atom is -0.352 e. The Morgan fingerprint density at radius 3 is 2.50 bits per heavy atom. The molecule has 2 N–H and O–H groups in total. The van der Waals surface area contributed by atoms with E-state index in [-0.39, 0.29) is 10.8 Å². The first-order valence-corrected chi connectivity index (χ1v) is 9.85. The van der Waals surface area contributed by atoms with Crippen LogP contribution in [0.15, 0.2) is 65.7 Å². The summed E-state index contributed by atoms with van der Waals surface area (Å²) in [6, 6.07) is 16.1. The molecule has 0 bridgehead atoms. The molecule has 0 spiro atoms. The van der Waals surface area contributed by atoms with Crippen LogP contribution in [0, 0.1) is 0 Å². The second kappa shape index (κ2) is 7.72. The number of fused-ring (bicyclic) bond motifs is 1. The van der Waals surface area contributed by atoms with E-state index in [1.165, 1.54) is 42.2 Å². The number of rotatable bonds is 7. The highest BCUT2D eigenvalue weighted by molar-refractivity contribution is 7.89. The van der Waals surface area contributed by atoms with Gasteiger partial charge < -0.3 is 9.88 Å². The van der Waals surface area contributed by atoms with Gasteiger partial charge in [0.05, 0.1) is 4.90 Å². The number of benzene rings is 2. The number of para-hydroxylation sites is 1. The molecular formula is C19H21N3O3S. The lowest BCUT2D eigenvalue weighted by atomic mass is 10.2. The number of hydrogen-bond acceptors (Lipinski definition) is 3. The number of nitrogens with zero attached hydrogens (tertiary/aromatic N) is 1. The van der Waals surface area contributed by atoms with Crippen LogP contribution < -0.4 is 10.0 Å². The molecule has 0 atom stereocenters. The van der Waals surface area contributed by atoms with Crippen molar-refractivity contribution < 1.29 is 13.2 Å². The third-order valence-corrected chi connectivity index (χ3v) is 5.67. The Hall–Kier alpha value is -2.64. The van der Waals surface area contributed by atoms with E-state index in [4.69, 9.17) is 0 Å². The van der Waals surface area contributed by atoms with Crippen molar-refractivity contribution in [3.8, 4) is 0 Å². The minimum atomic E-state index is -3.49. The molecule has 7 heteroatoms. The van der Waals surface area contributed by atoms with Gasteiger partial charge in [-0.05, 0) is 55.3 Å². The van der Waals surface area contributed by atoms with Crippen LogP contribution in [0.1, 0.15) is 16.8 Å². The second-order valence-electron chi connectivity index (χ2n) is 5.91. The Morgan fingerprint density at radius 1 is 1.04 bits per heavy atom. The lowest BCUT2D eigenvalue weighted by Crippen LogP contribution is -2.25. The Bertz CT molecular complexity index is 1010. The molecule has 1 aromatic heterocycles. The van der Waals surface area contributed by atoms with Crippen molar-refractivity contribution in [3.05, 3.63) is 66.4 Å². The monoisotopic (exact) mass is 371 g/mol. The molecule has 0 fully saturated rings. The van der Waals surface area contributed by atoms with Gasteiger partial charge in [0.2, 0.25) is 10.0 Å². The van der Waals surface area contributed by atoms with Gasteiger partial charge in [0, 0.05) is 30.4 Å². The summed E-state index contributed by atoms with van der Waals surface area (Å²) in [6.45, 7) is 1.36. The van der Waals surface area contributed by atoms with Crippen LogP contribution in [0.2, 0.25) is 0 Å². The molecule has 1 amide bonds. The van der Waals surface area contributed by atoms with Gasteiger partial charge in [-0.2, -0.15) is 0 Å². The predicted octanol–water partition coefficient (Wildman–Crippen LogP) is 2.37. The summed E-state index contributed by atoms with van der Waals surface area (Å²) < 4.78 is 27.8. The number of carbonyl (C=O) groups is 1. The second-order valence-corrected chi connectivity index (χ2v) is 7.80. The van der Waals surface area contributed by atoms with Crippen LogP contribution in [0.4, 0.5) is 0 Å². The Kier molecular flexibility index (Phi) is 5.39. The fraction of sp³-hybridized carbons (Fsp3) is 0.211. The maximum Gasteiger partial charge on any atom is 0.251 e. The third kappa shape index (κ3) is 3.95. The lowest BCUT2D eigenvalue weighted by molar-refractivity contribution is 0.0952. The third-order valence-electron chi connectivity index (χ3n) is 4.24. The van der Waals surface area contributed by atoms with Crippen LogP contribution in [-0.4, -0.2) is 32.5 Å². The van der Waals surface area contributed by atoms with Crippen LogP contribution in [0.3, 0.4) is 0 Å². The van der Waals surface area contributed by atoms with Gasteiger partial charge in [0.15, 0.2) is 0 Å². The topological polar surface area (TPSA) is 80.2 Å². The maximum atomic E-state index is 12.2. The number of aromatic nitrogens is 1. The predicted molar refractivity (Wildman–Crippen MR) is 102 cm³/mol. The van der Waals surface area contributed by atoms with E-state index in [9.17, 15) is 13.2 Å². The largest absolute Gasteiger partial charge is 0.352 e.